The molecule has 5 saturated heterocycles. The van der Waals surface area contributed by atoms with Crippen molar-refractivity contribution in [1.82, 2.24) is 42.5 Å². The van der Waals surface area contributed by atoms with Gasteiger partial charge in [0.15, 0.2) is 17.4 Å². The van der Waals surface area contributed by atoms with Crippen LogP contribution in [0, 0.1) is 47.3 Å². The molecule has 5 heterocycles. The summed E-state index contributed by atoms with van der Waals surface area (Å²) < 4.78 is 0. The van der Waals surface area contributed by atoms with E-state index < -0.39 is 12.2 Å². The van der Waals surface area contributed by atoms with E-state index in [1.54, 1.807) is 0 Å². The van der Waals surface area contributed by atoms with Crippen molar-refractivity contribution in [2.45, 2.75) is 150 Å². The van der Waals surface area contributed by atoms with Crippen LogP contribution in [0.3, 0.4) is 0 Å². The molecule has 21 atom stereocenters. The van der Waals surface area contributed by atoms with Crippen molar-refractivity contribution in [3.05, 3.63) is 0 Å². The lowest BCUT2D eigenvalue weighted by Gasteiger charge is -2.39. The third kappa shape index (κ3) is 5.65. The largest absolute Gasteiger partial charge is 0.393 e. The second-order valence-electron chi connectivity index (χ2n) is 16.4. The molecule has 5 aliphatic heterocycles. The molecule has 13 N–H and O–H groups in total. The van der Waals surface area contributed by atoms with Crippen LogP contribution in [0.5, 0.6) is 0 Å². The fourth-order valence-electron chi connectivity index (χ4n) is 12.0. The summed E-state index contributed by atoms with van der Waals surface area (Å²) in [7, 11) is 0. The third-order valence-electron chi connectivity index (χ3n) is 14.1. The molecule has 9 aliphatic rings. The average Bonchev–Trinajstić information content (AvgIpc) is 3.73. The van der Waals surface area contributed by atoms with Gasteiger partial charge in [-0.2, -0.15) is 0 Å². The molecule has 4 aliphatic carbocycles. The molecule has 0 aromatic carbocycles. The van der Waals surface area contributed by atoms with Gasteiger partial charge in [0.05, 0.1) is 79.8 Å². The van der Waals surface area contributed by atoms with E-state index in [-0.39, 0.29) is 109 Å². The summed E-state index contributed by atoms with van der Waals surface area (Å²) in [4.78, 5) is 0. The Bertz CT molecular complexity index is 1100. The fourth-order valence-corrected chi connectivity index (χ4v) is 12.0. The van der Waals surface area contributed by atoms with Gasteiger partial charge in [0.2, 0.25) is 0 Å². The minimum atomic E-state index is -0.810. The van der Waals surface area contributed by atoms with Gasteiger partial charge in [-0.25, -0.2) is 0 Å². The molecule has 9 rings (SSSR count). The minimum Gasteiger partial charge on any atom is -0.393 e. The van der Waals surface area contributed by atoms with Gasteiger partial charge in [-0.1, -0.05) is 0 Å². The fraction of sp³-hybridized carbons (Fsp3) is 1.00. The molecule has 260 valence electrons. The highest BCUT2D eigenvalue weighted by molar-refractivity contribution is 5.75. The van der Waals surface area contributed by atoms with Gasteiger partial charge in [0.25, 0.3) is 0 Å². The van der Waals surface area contributed by atoms with Gasteiger partial charge >= 0.3 is 0 Å². The molecule has 0 aromatic heterocycles. The first-order chi connectivity index (χ1) is 21.8. The van der Waals surface area contributed by atoms with E-state index in [9.17, 15) is 25.5 Å². The normalized spacial score (nSPS) is 59.5. The van der Waals surface area contributed by atoms with Crippen molar-refractivity contribution in [2.75, 3.05) is 0 Å². The van der Waals surface area contributed by atoms with Crippen molar-refractivity contribution in [1.29, 1.82) is 0 Å². The highest BCUT2D eigenvalue weighted by Gasteiger charge is 2.57. The van der Waals surface area contributed by atoms with Crippen LogP contribution in [-0.2, 0) is 0 Å². The Morgan fingerprint density at radius 2 is 0.630 bits per heavy atom. The number of hydrogen-bond donors (Lipinski definition) is 13. The maximum atomic E-state index is 11.4. The molecular formula is C32H59AlN8O5. The van der Waals surface area contributed by atoms with Crippen LogP contribution in [0.15, 0.2) is 0 Å². The molecule has 0 aromatic rings. The van der Waals surface area contributed by atoms with E-state index >= 15 is 0 Å². The summed E-state index contributed by atoms with van der Waals surface area (Å²) in [6.45, 7) is 0. The molecule has 21 unspecified atom stereocenters. The zero-order valence-electron chi connectivity index (χ0n) is 26.1. The minimum absolute atomic E-state index is 0. The Morgan fingerprint density at radius 3 is 1.02 bits per heavy atom. The monoisotopic (exact) mass is 662 g/mol. The number of nitrogens with one attached hydrogen (secondary N) is 8. The molecule has 14 heteroatoms. The number of rotatable bonds is 0. The molecular weight excluding hydrogens is 603 g/mol. The van der Waals surface area contributed by atoms with Gasteiger partial charge in [-0.05, 0) is 112 Å². The van der Waals surface area contributed by atoms with E-state index in [1.807, 2.05) is 0 Å². The first-order valence-corrected chi connectivity index (χ1v) is 18.3. The molecule has 0 radical (unpaired) electrons. The van der Waals surface area contributed by atoms with Crippen molar-refractivity contribution in [3.8, 4) is 0 Å². The third-order valence-corrected chi connectivity index (χ3v) is 14.1. The first-order valence-electron chi connectivity index (χ1n) is 18.3. The van der Waals surface area contributed by atoms with Crippen LogP contribution < -0.4 is 42.5 Å². The SMILES string of the molecule is OC1CCC2C3NC(NC4NC(NC5NC(NC6NC(N3)C3CC(O)CCC63)C3C(O)C(O)CCC53)C3CC(O)CCC43)C2C1.[AlH3]. The average molecular weight is 663 g/mol. The quantitative estimate of drug-likeness (QED) is 0.113. The van der Waals surface area contributed by atoms with Gasteiger partial charge in [0.1, 0.15) is 0 Å². The van der Waals surface area contributed by atoms with E-state index in [2.05, 4.69) is 42.5 Å². The van der Waals surface area contributed by atoms with Crippen LogP contribution in [0.2, 0.25) is 0 Å². The zero-order valence-corrected chi connectivity index (χ0v) is 26.1. The molecule has 8 bridgehead atoms. The lowest BCUT2D eigenvalue weighted by atomic mass is 9.74. The highest BCUT2D eigenvalue weighted by atomic mass is 27.0. The molecule has 4 saturated carbocycles. The van der Waals surface area contributed by atoms with E-state index in [0.29, 0.717) is 30.1 Å². The summed E-state index contributed by atoms with van der Waals surface area (Å²) in [6.07, 6.45) is 6.58. The predicted octanol–water partition coefficient (Wildman–Crippen LogP) is -3.72. The van der Waals surface area contributed by atoms with Gasteiger partial charge in [-0.3, -0.25) is 42.5 Å². The predicted molar refractivity (Wildman–Crippen MR) is 174 cm³/mol. The summed E-state index contributed by atoms with van der Waals surface area (Å²) in [5, 5.41) is 86.0. The summed E-state index contributed by atoms with van der Waals surface area (Å²) in [5.41, 5.74) is 0. The Kier molecular flexibility index (Phi) is 9.35. The van der Waals surface area contributed by atoms with Crippen LogP contribution in [-0.4, -0.2) is 123 Å². The summed E-state index contributed by atoms with van der Waals surface area (Å²) >= 11 is 0. The Morgan fingerprint density at radius 1 is 0.326 bits per heavy atom. The molecule has 0 spiro atoms. The second-order valence-corrected chi connectivity index (χ2v) is 16.4. The molecule has 9 fully saturated rings. The van der Waals surface area contributed by atoms with Crippen LogP contribution >= 0.6 is 0 Å². The lowest BCUT2D eigenvalue weighted by Crippen LogP contribution is -2.62. The number of aliphatic hydroxyl groups is 5. The van der Waals surface area contributed by atoms with Crippen LogP contribution in [0.1, 0.15) is 70.6 Å². The van der Waals surface area contributed by atoms with E-state index in [1.165, 1.54) is 0 Å². The highest BCUT2D eigenvalue weighted by Crippen LogP contribution is 2.46. The number of aliphatic hydroxyl groups excluding tert-OH is 5. The van der Waals surface area contributed by atoms with Crippen molar-refractivity contribution >= 4 is 17.4 Å². The van der Waals surface area contributed by atoms with Gasteiger partial charge in [-0.15, -0.1) is 0 Å². The number of hydrogen-bond acceptors (Lipinski definition) is 13. The van der Waals surface area contributed by atoms with Gasteiger partial charge < -0.3 is 25.5 Å². The maximum Gasteiger partial charge on any atom is 0.187 e. The van der Waals surface area contributed by atoms with Crippen LogP contribution in [0.4, 0.5) is 0 Å². The summed E-state index contributed by atoms with van der Waals surface area (Å²) in [6, 6.07) is 0. The standard InChI is InChI=1S/C32H56N8O5.Al.3H/c41-12-1-4-15-19(9-12)29-33-25(15)35-30-21-11-14(43)3-6-17(21)27(37-30)39-32-23-18(7-8-22(44)24(23)45)28(40-32)38-31-20-10-13(42)2-5-16(20)26(34-29)36-31;;;;/h12-45H,1-11H2;;;;. The Balaban J connectivity index is 0.00000312. The van der Waals surface area contributed by atoms with Gasteiger partial charge in [0, 0.05) is 5.92 Å². The van der Waals surface area contributed by atoms with Crippen molar-refractivity contribution in [3.63, 3.8) is 0 Å². The van der Waals surface area contributed by atoms with Crippen molar-refractivity contribution in [2.24, 2.45) is 47.3 Å². The summed E-state index contributed by atoms with van der Waals surface area (Å²) in [5.74, 6) is 1.94. The second kappa shape index (κ2) is 13.0. The zero-order chi connectivity index (χ0) is 30.6. The van der Waals surface area contributed by atoms with Crippen LogP contribution in [0.25, 0.3) is 0 Å². The van der Waals surface area contributed by atoms with E-state index in [4.69, 9.17) is 0 Å². The smallest absolute Gasteiger partial charge is 0.187 e. The Labute approximate surface area is 282 Å². The lowest BCUT2D eigenvalue weighted by molar-refractivity contribution is -0.0697. The Hall–Kier alpha value is 0.0125. The van der Waals surface area contributed by atoms with Crippen molar-refractivity contribution < 1.29 is 25.5 Å². The first kappa shape index (κ1) is 33.2. The molecule has 0 amide bonds. The molecule has 13 nitrogen and oxygen atoms in total. The maximum absolute atomic E-state index is 11.4. The molecule has 46 heavy (non-hydrogen) atoms. The van der Waals surface area contributed by atoms with E-state index in [0.717, 1.165) is 64.2 Å². The number of fused-ring (bicyclic) bond motifs is 20. The topological polar surface area (TPSA) is 197 Å².